The molecule has 0 bridgehead atoms. The molecule has 0 aromatic heterocycles. The van der Waals surface area contributed by atoms with Crippen LogP contribution in [0.4, 0.5) is 0 Å². The number of nitrogens with one attached hydrogen (secondary N) is 1. The van der Waals surface area contributed by atoms with Crippen LogP contribution >= 0.6 is 0 Å². The highest BCUT2D eigenvalue weighted by Gasteiger charge is 2.44. The first kappa shape index (κ1) is 48.0. The minimum atomic E-state index is -1.55. The van der Waals surface area contributed by atoms with Gasteiger partial charge in [-0.3, -0.25) is 4.79 Å². The van der Waals surface area contributed by atoms with E-state index in [1.54, 1.807) is 0 Å². The number of hydrogen-bond donors (Lipinski definition) is 6. The highest BCUT2D eigenvalue weighted by Crippen LogP contribution is 2.23. The summed E-state index contributed by atoms with van der Waals surface area (Å²) in [6, 6.07) is -0.717. The number of unbranched alkanes of at least 4 members (excludes halogenated alkanes) is 23. The van der Waals surface area contributed by atoms with Crippen molar-refractivity contribution in [3.63, 3.8) is 0 Å². The lowest BCUT2D eigenvalue weighted by atomic mass is 9.99. The Balaban J connectivity index is 2.38. The average molecular weight is 728 g/mol. The second-order valence-corrected chi connectivity index (χ2v) is 15.1. The monoisotopic (exact) mass is 728 g/mol. The molecule has 9 heteroatoms. The highest BCUT2D eigenvalue weighted by molar-refractivity contribution is 5.76. The predicted molar refractivity (Wildman–Crippen MR) is 207 cm³/mol. The van der Waals surface area contributed by atoms with E-state index in [9.17, 15) is 30.3 Å². The number of rotatable bonds is 35. The molecule has 1 aliphatic rings. The molecule has 0 spiro atoms. The van der Waals surface area contributed by atoms with E-state index in [4.69, 9.17) is 9.47 Å². The molecule has 0 radical (unpaired) electrons. The Labute approximate surface area is 312 Å². The van der Waals surface area contributed by atoms with E-state index in [1.165, 1.54) is 116 Å². The van der Waals surface area contributed by atoms with Gasteiger partial charge in [0.25, 0.3) is 0 Å². The molecule has 0 aromatic carbocycles. The first-order valence-electron chi connectivity index (χ1n) is 21.4. The number of hydrogen-bond acceptors (Lipinski definition) is 8. The third-order valence-electron chi connectivity index (χ3n) is 10.4. The molecule has 302 valence electrons. The van der Waals surface area contributed by atoms with Gasteiger partial charge in [-0.2, -0.15) is 0 Å². The standard InChI is InChI=1S/C42H81NO8/c1-3-5-7-9-11-13-15-17-18-20-21-23-25-27-29-31-36(45)35(34-50-42-41(49)40(48)39(47)37(33-44)51-42)43-38(46)32-30-28-26-24-22-19-16-14-12-10-8-6-4-2/h14,16,35-37,39-42,44-45,47-49H,3-13,15,17-34H2,1-2H3,(H,43,46)/b16-14-. The number of carbonyl (C=O) groups is 1. The van der Waals surface area contributed by atoms with Crippen molar-refractivity contribution in [2.45, 2.75) is 236 Å². The van der Waals surface area contributed by atoms with Crippen LogP contribution in [0.2, 0.25) is 0 Å². The van der Waals surface area contributed by atoms with Crippen LogP contribution in [0.5, 0.6) is 0 Å². The summed E-state index contributed by atoms with van der Waals surface area (Å²) in [7, 11) is 0. The Morgan fingerprint density at radius 1 is 0.647 bits per heavy atom. The summed E-state index contributed by atoms with van der Waals surface area (Å²) >= 11 is 0. The van der Waals surface area contributed by atoms with E-state index in [0.717, 1.165) is 51.4 Å². The van der Waals surface area contributed by atoms with E-state index >= 15 is 0 Å². The van der Waals surface area contributed by atoms with Gasteiger partial charge in [0.05, 0.1) is 25.4 Å². The van der Waals surface area contributed by atoms with Gasteiger partial charge < -0.3 is 40.3 Å². The summed E-state index contributed by atoms with van der Waals surface area (Å²) in [4.78, 5) is 12.9. The number of aliphatic hydroxyl groups excluding tert-OH is 5. The second-order valence-electron chi connectivity index (χ2n) is 15.1. The van der Waals surface area contributed by atoms with Crippen molar-refractivity contribution in [3.05, 3.63) is 12.2 Å². The molecule has 7 atom stereocenters. The van der Waals surface area contributed by atoms with Crippen molar-refractivity contribution in [2.75, 3.05) is 13.2 Å². The third-order valence-corrected chi connectivity index (χ3v) is 10.4. The number of allylic oxidation sites excluding steroid dienone is 2. The van der Waals surface area contributed by atoms with Crippen molar-refractivity contribution in [1.82, 2.24) is 5.32 Å². The normalized spacial score (nSPS) is 22.1. The Morgan fingerprint density at radius 3 is 1.61 bits per heavy atom. The van der Waals surface area contributed by atoms with Crippen molar-refractivity contribution in [2.24, 2.45) is 0 Å². The maximum atomic E-state index is 12.9. The summed E-state index contributed by atoms with van der Waals surface area (Å²) in [5.74, 6) is -0.154. The molecule has 1 amide bonds. The average Bonchev–Trinajstić information content (AvgIpc) is 3.13. The highest BCUT2D eigenvalue weighted by atomic mass is 16.7. The van der Waals surface area contributed by atoms with E-state index < -0.39 is 49.5 Å². The molecule has 6 N–H and O–H groups in total. The molecule has 1 fully saturated rings. The predicted octanol–water partition coefficient (Wildman–Crippen LogP) is 8.17. The van der Waals surface area contributed by atoms with Crippen molar-refractivity contribution in [3.8, 4) is 0 Å². The summed E-state index contributed by atoms with van der Waals surface area (Å²) in [6.07, 6.45) is 29.2. The lowest BCUT2D eigenvalue weighted by Gasteiger charge is -2.40. The molecule has 51 heavy (non-hydrogen) atoms. The molecule has 7 unspecified atom stereocenters. The summed E-state index contributed by atoms with van der Waals surface area (Å²) in [6.45, 7) is 3.80. The number of aliphatic hydroxyl groups is 5. The molecular weight excluding hydrogens is 646 g/mol. The van der Waals surface area contributed by atoms with Crippen molar-refractivity contribution >= 4 is 5.91 Å². The Kier molecular flexibility index (Phi) is 31.5. The largest absolute Gasteiger partial charge is 0.394 e. The fourth-order valence-electron chi connectivity index (χ4n) is 6.86. The molecule has 0 aromatic rings. The van der Waals surface area contributed by atoms with Crippen LogP contribution in [0.15, 0.2) is 12.2 Å². The minimum Gasteiger partial charge on any atom is -0.394 e. The molecule has 1 rings (SSSR count). The second kappa shape index (κ2) is 33.5. The van der Waals surface area contributed by atoms with Crippen LogP contribution < -0.4 is 5.32 Å². The van der Waals surface area contributed by atoms with Gasteiger partial charge in [-0.25, -0.2) is 0 Å². The van der Waals surface area contributed by atoms with Gasteiger partial charge >= 0.3 is 0 Å². The van der Waals surface area contributed by atoms with Gasteiger partial charge in [0.15, 0.2) is 6.29 Å². The van der Waals surface area contributed by atoms with Crippen molar-refractivity contribution < 1.29 is 39.8 Å². The summed E-state index contributed by atoms with van der Waals surface area (Å²) < 4.78 is 11.2. The van der Waals surface area contributed by atoms with Crippen LogP contribution in [-0.4, -0.2) is 87.5 Å². The lowest BCUT2D eigenvalue weighted by molar-refractivity contribution is -0.302. The number of amides is 1. The van der Waals surface area contributed by atoms with Crippen LogP contribution in [0.25, 0.3) is 0 Å². The molecular formula is C42H81NO8. The third kappa shape index (κ3) is 24.8. The summed E-state index contributed by atoms with van der Waals surface area (Å²) in [5, 5.41) is 54.2. The van der Waals surface area contributed by atoms with Crippen LogP contribution in [0, 0.1) is 0 Å². The van der Waals surface area contributed by atoms with E-state index in [1.807, 2.05) is 0 Å². The van der Waals surface area contributed by atoms with Crippen LogP contribution in [0.1, 0.15) is 194 Å². The Morgan fingerprint density at radius 2 is 1.10 bits per heavy atom. The first-order chi connectivity index (χ1) is 24.8. The Hall–Kier alpha value is -1.07. The van der Waals surface area contributed by atoms with Crippen LogP contribution in [0.3, 0.4) is 0 Å². The van der Waals surface area contributed by atoms with E-state index in [0.29, 0.717) is 12.8 Å². The molecule has 0 aliphatic carbocycles. The minimum absolute atomic E-state index is 0.138. The molecule has 9 nitrogen and oxygen atoms in total. The van der Waals surface area contributed by atoms with E-state index in [-0.39, 0.29) is 12.5 Å². The van der Waals surface area contributed by atoms with Crippen LogP contribution in [-0.2, 0) is 14.3 Å². The Bertz CT molecular complexity index is 812. The summed E-state index contributed by atoms with van der Waals surface area (Å²) in [5.41, 5.74) is 0. The molecule has 0 saturated carbocycles. The number of carbonyl (C=O) groups excluding carboxylic acids is 1. The quantitative estimate of drug-likeness (QED) is 0.0283. The van der Waals surface area contributed by atoms with E-state index in [2.05, 4.69) is 31.3 Å². The van der Waals surface area contributed by atoms with Gasteiger partial charge in [-0.15, -0.1) is 0 Å². The van der Waals surface area contributed by atoms with Crippen molar-refractivity contribution in [1.29, 1.82) is 0 Å². The fourth-order valence-corrected chi connectivity index (χ4v) is 6.86. The SMILES string of the molecule is CCCCCC/C=C\CCCCCCCC(=O)NC(COC1OC(CO)C(O)C(O)C1O)C(O)CCCCCCCCCCCCCCCCC. The van der Waals surface area contributed by atoms with Gasteiger partial charge in [0, 0.05) is 6.42 Å². The fraction of sp³-hybridized carbons (Fsp3) is 0.929. The molecule has 1 aliphatic heterocycles. The zero-order valence-electron chi connectivity index (χ0n) is 32.9. The zero-order chi connectivity index (χ0) is 37.4. The molecule has 1 heterocycles. The zero-order valence-corrected chi connectivity index (χ0v) is 32.9. The molecule has 1 saturated heterocycles. The lowest BCUT2D eigenvalue weighted by Crippen LogP contribution is -2.60. The van der Waals surface area contributed by atoms with Gasteiger partial charge in [0.2, 0.25) is 5.91 Å². The maximum Gasteiger partial charge on any atom is 0.220 e. The topological polar surface area (TPSA) is 149 Å². The maximum absolute atomic E-state index is 12.9. The smallest absolute Gasteiger partial charge is 0.220 e. The van der Waals surface area contributed by atoms with Gasteiger partial charge in [0.1, 0.15) is 24.4 Å². The number of ether oxygens (including phenoxy) is 2. The van der Waals surface area contributed by atoms with Gasteiger partial charge in [-0.1, -0.05) is 161 Å². The first-order valence-corrected chi connectivity index (χ1v) is 21.4. The van der Waals surface area contributed by atoms with Gasteiger partial charge in [-0.05, 0) is 38.5 Å².